The maximum Gasteiger partial charge on any atom is 0.253 e. The molecule has 3 aliphatic rings. The highest BCUT2D eigenvalue weighted by Crippen LogP contribution is 2.49. The summed E-state index contributed by atoms with van der Waals surface area (Å²) in [5.41, 5.74) is 3.09. The van der Waals surface area contributed by atoms with E-state index in [1.807, 2.05) is 25.1 Å². The van der Waals surface area contributed by atoms with E-state index in [0.717, 1.165) is 35.3 Å². The van der Waals surface area contributed by atoms with E-state index < -0.39 is 11.8 Å². The minimum absolute atomic E-state index is 0.0618. The lowest BCUT2D eigenvalue weighted by Gasteiger charge is -2.41. The molecule has 2 saturated carbocycles. The molecule has 158 valence electrons. The molecule has 30 heavy (non-hydrogen) atoms. The van der Waals surface area contributed by atoms with E-state index in [1.165, 1.54) is 6.92 Å². The number of nitrogens with zero attached hydrogens (tertiary/aromatic N) is 4. The molecule has 1 aliphatic heterocycles. The van der Waals surface area contributed by atoms with Gasteiger partial charge in [0.1, 0.15) is 0 Å². The van der Waals surface area contributed by atoms with Crippen LogP contribution in [0.5, 0.6) is 0 Å². The van der Waals surface area contributed by atoms with Gasteiger partial charge in [0.15, 0.2) is 0 Å². The van der Waals surface area contributed by atoms with Gasteiger partial charge in [-0.1, -0.05) is 6.07 Å². The van der Waals surface area contributed by atoms with E-state index in [4.69, 9.17) is 0 Å². The third-order valence-electron chi connectivity index (χ3n) is 6.27. The van der Waals surface area contributed by atoms with Gasteiger partial charge in [0.2, 0.25) is 11.8 Å². The summed E-state index contributed by atoms with van der Waals surface area (Å²) in [5, 5.41) is 4.24. The number of carbonyl (C=O) groups is 2. The summed E-state index contributed by atoms with van der Waals surface area (Å²) in [5.74, 6) is -3.11. The van der Waals surface area contributed by atoms with E-state index in [0.29, 0.717) is 6.54 Å². The number of rotatable bonds is 4. The van der Waals surface area contributed by atoms with Crippen LogP contribution < -0.4 is 9.80 Å². The second-order valence-electron chi connectivity index (χ2n) is 8.78. The molecule has 5 rings (SSSR count). The number of anilines is 2. The quantitative estimate of drug-likeness (QED) is 0.767. The van der Waals surface area contributed by atoms with Crippen LogP contribution >= 0.6 is 0 Å². The SMILES string of the molecule is CC(=O)N1c2ccc(-c3cnn(CC4CC4(F)F)c3)cc2N(C(=O)C2CC2)C[C@@H]1C. The summed E-state index contributed by atoms with van der Waals surface area (Å²) in [7, 11) is 0. The van der Waals surface area contributed by atoms with Gasteiger partial charge in [-0.05, 0) is 37.5 Å². The minimum atomic E-state index is -2.57. The highest BCUT2D eigenvalue weighted by Gasteiger charge is 2.56. The summed E-state index contributed by atoms with van der Waals surface area (Å²) in [6.07, 6.45) is 5.15. The summed E-state index contributed by atoms with van der Waals surface area (Å²) < 4.78 is 28.0. The van der Waals surface area contributed by atoms with Crippen LogP contribution in [0.25, 0.3) is 11.1 Å². The molecule has 2 heterocycles. The lowest BCUT2D eigenvalue weighted by Crippen LogP contribution is -2.51. The zero-order valence-electron chi connectivity index (χ0n) is 17.0. The first-order chi connectivity index (χ1) is 14.2. The van der Waals surface area contributed by atoms with Gasteiger partial charge in [-0.15, -0.1) is 0 Å². The number of carbonyl (C=O) groups excluding carboxylic acids is 2. The van der Waals surface area contributed by atoms with Gasteiger partial charge in [-0.25, -0.2) is 8.78 Å². The third-order valence-corrected chi connectivity index (χ3v) is 6.27. The van der Waals surface area contributed by atoms with Crippen molar-refractivity contribution in [1.82, 2.24) is 9.78 Å². The van der Waals surface area contributed by atoms with Crippen LogP contribution in [-0.2, 0) is 16.1 Å². The van der Waals surface area contributed by atoms with Crippen LogP contribution in [0.2, 0.25) is 0 Å². The molecule has 6 nitrogen and oxygen atoms in total. The zero-order valence-corrected chi connectivity index (χ0v) is 17.0. The predicted molar refractivity (Wildman–Crippen MR) is 108 cm³/mol. The normalized spacial score (nSPS) is 24.5. The van der Waals surface area contributed by atoms with Crippen LogP contribution in [0.1, 0.15) is 33.1 Å². The van der Waals surface area contributed by atoms with Gasteiger partial charge in [0.25, 0.3) is 5.92 Å². The predicted octanol–water partition coefficient (Wildman–Crippen LogP) is 3.70. The Bertz CT molecular complexity index is 1030. The van der Waals surface area contributed by atoms with Gasteiger partial charge < -0.3 is 9.80 Å². The van der Waals surface area contributed by atoms with E-state index in [1.54, 1.807) is 26.9 Å². The van der Waals surface area contributed by atoms with Gasteiger partial charge in [-0.2, -0.15) is 5.10 Å². The molecular weight excluding hydrogens is 390 g/mol. The van der Waals surface area contributed by atoms with E-state index in [2.05, 4.69) is 5.10 Å². The molecule has 0 spiro atoms. The van der Waals surface area contributed by atoms with Crippen LogP contribution in [0, 0.1) is 11.8 Å². The molecule has 1 unspecified atom stereocenters. The molecule has 2 fully saturated rings. The van der Waals surface area contributed by atoms with Crippen LogP contribution in [-0.4, -0.2) is 40.1 Å². The molecule has 2 atom stereocenters. The summed E-state index contributed by atoms with van der Waals surface area (Å²) in [6, 6.07) is 5.55. The van der Waals surface area contributed by atoms with Crippen molar-refractivity contribution < 1.29 is 18.4 Å². The largest absolute Gasteiger partial charge is 0.308 e. The second kappa shape index (κ2) is 6.62. The standard InChI is InChI=1S/C22H24F2N4O2/c1-13-10-27(21(30)15-3-4-15)20-7-16(5-6-19(20)28(13)14(2)29)17-9-25-26(11-17)12-18-8-22(18,23)24/h5-7,9,11,13,15,18H,3-4,8,10,12H2,1-2H3/t13-,18?/m0/s1. The van der Waals surface area contributed by atoms with Gasteiger partial charge in [0.05, 0.1) is 23.6 Å². The number of benzene rings is 1. The number of alkyl halides is 2. The maximum atomic E-state index is 13.2. The van der Waals surface area contributed by atoms with Crippen molar-refractivity contribution in [1.29, 1.82) is 0 Å². The maximum absolute atomic E-state index is 13.2. The number of hydrogen-bond donors (Lipinski definition) is 0. The number of hydrogen-bond acceptors (Lipinski definition) is 3. The fourth-order valence-corrected chi connectivity index (χ4v) is 4.35. The van der Waals surface area contributed by atoms with Gasteiger partial charge in [0, 0.05) is 50.0 Å². The minimum Gasteiger partial charge on any atom is -0.308 e. The summed E-state index contributed by atoms with van der Waals surface area (Å²) >= 11 is 0. The highest BCUT2D eigenvalue weighted by atomic mass is 19.3. The Morgan fingerprint density at radius 2 is 1.93 bits per heavy atom. The fraction of sp³-hybridized carbons (Fsp3) is 0.500. The van der Waals surface area contributed by atoms with E-state index in [9.17, 15) is 18.4 Å². The van der Waals surface area contributed by atoms with Crippen molar-refractivity contribution in [2.24, 2.45) is 11.8 Å². The molecule has 0 radical (unpaired) electrons. The number of fused-ring (bicyclic) bond motifs is 1. The Morgan fingerprint density at radius 3 is 2.57 bits per heavy atom. The summed E-state index contributed by atoms with van der Waals surface area (Å²) in [4.78, 5) is 28.7. The Morgan fingerprint density at radius 1 is 1.20 bits per heavy atom. The zero-order chi connectivity index (χ0) is 21.2. The van der Waals surface area contributed by atoms with Crippen molar-refractivity contribution in [2.75, 3.05) is 16.3 Å². The first-order valence-corrected chi connectivity index (χ1v) is 10.4. The molecule has 8 heteroatoms. The van der Waals surface area contributed by atoms with Crippen LogP contribution in [0.4, 0.5) is 20.2 Å². The molecule has 2 aromatic rings. The fourth-order valence-electron chi connectivity index (χ4n) is 4.35. The number of halogens is 2. The van der Waals surface area contributed by atoms with Gasteiger partial charge in [-0.3, -0.25) is 14.3 Å². The molecule has 2 aliphatic carbocycles. The molecule has 0 bridgehead atoms. The molecule has 2 amide bonds. The smallest absolute Gasteiger partial charge is 0.253 e. The molecule has 1 aromatic heterocycles. The van der Waals surface area contributed by atoms with Crippen molar-refractivity contribution in [3.63, 3.8) is 0 Å². The molecule has 1 aromatic carbocycles. The molecule has 0 saturated heterocycles. The Labute approximate surface area is 173 Å². The number of amides is 2. The average molecular weight is 414 g/mol. The third kappa shape index (κ3) is 3.28. The van der Waals surface area contributed by atoms with E-state index >= 15 is 0 Å². The Hall–Kier alpha value is -2.77. The first kappa shape index (κ1) is 19.2. The van der Waals surface area contributed by atoms with E-state index in [-0.39, 0.29) is 36.7 Å². The lowest BCUT2D eigenvalue weighted by molar-refractivity contribution is -0.120. The lowest BCUT2D eigenvalue weighted by atomic mass is 10.0. The van der Waals surface area contributed by atoms with Crippen molar-refractivity contribution in [3.8, 4) is 11.1 Å². The second-order valence-corrected chi connectivity index (χ2v) is 8.78. The van der Waals surface area contributed by atoms with Gasteiger partial charge >= 0.3 is 0 Å². The van der Waals surface area contributed by atoms with Crippen molar-refractivity contribution in [3.05, 3.63) is 30.6 Å². The number of aromatic nitrogens is 2. The first-order valence-electron chi connectivity index (χ1n) is 10.4. The van der Waals surface area contributed by atoms with Crippen LogP contribution in [0.3, 0.4) is 0 Å². The Balaban J connectivity index is 1.48. The average Bonchev–Trinajstić information content (AvgIpc) is 3.58. The topological polar surface area (TPSA) is 58.4 Å². The van der Waals surface area contributed by atoms with Crippen LogP contribution in [0.15, 0.2) is 30.6 Å². The van der Waals surface area contributed by atoms with Crippen molar-refractivity contribution in [2.45, 2.75) is 51.6 Å². The Kier molecular flexibility index (Phi) is 4.24. The molecule has 0 N–H and O–H groups in total. The summed E-state index contributed by atoms with van der Waals surface area (Å²) in [6.45, 7) is 4.13. The molecular formula is C22H24F2N4O2. The van der Waals surface area contributed by atoms with Crippen molar-refractivity contribution >= 4 is 23.2 Å². The monoisotopic (exact) mass is 414 g/mol. The highest BCUT2D eigenvalue weighted by molar-refractivity contribution is 6.06.